The first kappa shape index (κ1) is 12.2. The zero-order chi connectivity index (χ0) is 12.3. The average molecular weight is 311 g/mol. The monoisotopic (exact) mass is 310 g/mol. The van der Waals surface area contributed by atoms with Gasteiger partial charge in [0.15, 0.2) is 0 Å². The highest BCUT2D eigenvalue weighted by molar-refractivity contribution is 9.10. The van der Waals surface area contributed by atoms with Crippen LogP contribution in [0.1, 0.15) is 0 Å². The first-order valence-corrected chi connectivity index (χ1v) is 6.91. The van der Waals surface area contributed by atoms with Gasteiger partial charge in [-0.1, -0.05) is 12.1 Å². The van der Waals surface area contributed by atoms with Gasteiger partial charge in [-0.05, 0) is 34.3 Å². The minimum absolute atomic E-state index is 0.427. The second-order valence-electron chi connectivity index (χ2n) is 3.26. The van der Waals surface area contributed by atoms with Crippen molar-refractivity contribution in [2.75, 3.05) is 17.3 Å². The van der Waals surface area contributed by atoms with Crippen LogP contribution in [0, 0.1) is 0 Å². The lowest BCUT2D eigenvalue weighted by Gasteiger charge is -2.09. The Morgan fingerprint density at radius 2 is 2.06 bits per heavy atom. The first-order chi connectivity index (χ1) is 8.19. The molecule has 0 unspecified atom stereocenters. The smallest absolute Gasteiger partial charge is 0.230 e. The summed E-state index contributed by atoms with van der Waals surface area (Å²) in [6.45, 7) is 0. The summed E-state index contributed by atoms with van der Waals surface area (Å²) in [6.07, 6.45) is 2.02. The summed E-state index contributed by atoms with van der Waals surface area (Å²) in [5.41, 5.74) is 6.63. The molecule has 0 aliphatic rings. The lowest BCUT2D eigenvalue weighted by atomic mass is 10.3. The van der Waals surface area contributed by atoms with Crippen molar-refractivity contribution in [1.82, 2.24) is 9.97 Å². The summed E-state index contributed by atoms with van der Waals surface area (Å²) in [4.78, 5) is 9.46. The Balaban J connectivity index is 2.31. The summed E-state index contributed by atoms with van der Waals surface area (Å²) < 4.78 is 0.661. The fraction of sp³-hybridized carbons (Fsp3) is 0.0909. The normalized spacial score (nSPS) is 10.2. The molecule has 1 aromatic carbocycles. The third kappa shape index (κ3) is 3.10. The second-order valence-corrected chi connectivity index (χ2v) is 4.92. The molecule has 17 heavy (non-hydrogen) atoms. The van der Waals surface area contributed by atoms with Gasteiger partial charge in [-0.2, -0.15) is 4.98 Å². The molecule has 0 aliphatic heterocycles. The summed E-state index contributed by atoms with van der Waals surface area (Å²) in [7, 11) is 0. The predicted octanol–water partition coefficient (Wildman–Crippen LogP) is 3.29. The summed E-state index contributed by atoms with van der Waals surface area (Å²) in [6, 6.07) is 9.63. The molecule has 0 radical (unpaired) electrons. The number of para-hydroxylation sites is 1. The summed E-state index contributed by atoms with van der Waals surface area (Å²) in [5.74, 6) is 0.911. The minimum atomic E-state index is 0.427. The third-order valence-electron chi connectivity index (χ3n) is 2.07. The van der Waals surface area contributed by atoms with Crippen molar-refractivity contribution >= 4 is 45.1 Å². The molecule has 1 aromatic heterocycles. The van der Waals surface area contributed by atoms with Gasteiger partial charge in [-0.15, -0.1) is 11.8 Å². The van der Waals surface area contributed by atoms with Crippen LogP contribution < -0.4 is 11.1 Å². The van der Waals surface area contributed by atoms with Crippen molar-refractivity contribution < 1.29 is 0 Å². The van der Waals surface area contributed by atoms with Gasteiger partial charge < -0.3 is 11.1 Å². The van der Waals surface area contributed by atoms with Crippen LogP contribution in [0.5, 0.6) is 0 Å². The van der Waals surface area contributed by atoms with Crippen LogP contribution >= 0.6 is 27.7 Å². The molecule has 0 saturated heterocycles. The Morgan fingerprint density at radius 3 is 2.76 bits per heavy atom. The van der Waals surface area contributed by atoms with E-state index in [1.165, 1.54) is 0 Å². The number of rotatable bonds is 3. The molecule has 0 saturated carbocycles. The van der Waals surface area contributed by atoms with Gasteiger partial charge in [0, 0.05) is 11.0 Å². The fourth-order valence-electron chi connectivity index (χ4n) is 1.36. The van der Waals surface area contributed by atoms with E-state index in [2.05, 4.69) is 31.2 Å². The molecule has 2 aromatic rings. The maximum Gasteiger partial charge on any atom is 0.230 e. The molecule has 6 heteroatoms. The molecule has 0 aliphatic carbocycles. The number of nitrogens with one attached hydrogen (secondary N) is 1. The highest BCUT2D eigenvalue weighted by Crippen LogP contribution is 2.27. The Morgan fingerprint density at radius 1 is 1.29 bits per heavy atom. The zero-order valence-electron chi connectivity index (χ0n) is 9.14. The molecule has 0 amide bonds. The van der Waals surface area contributed by atoms with Gasteiger partial charge in [-0.25, -0.2) is 4.98 Å². The Kier molecular flexibility index (Phi) is 3.86. The summed E-state index contributed by atoms with van der Waals surface area (Å²) in [5, 5.41) is 3.15. The number of hydrogen-bond acceptors (Lipinski definition) is 5. The molecule has 3 N–H and O–H groups in total. The quantitative estimate of drug-likeness (QED) is 0.673. The Labute approximate surface area is 112 Å². The lowest BCUT2D eigenvalue weighted by Crippen LogP contribution is -2.01. The van der Waals surface area contributed by atoms with Crippen molar-refractivity contribution in [3.63, 3.8) is 0 Å². The number of anilines is 3. The maximum absolute atomic E-state index is 5.66. The van der Waals surface area contributed by atoms with E-state index in [1.807, 2.05) is 30.5 Å². The molecule has 0 bridgehead atoms. The van der Waals surface area contributed by atoms with Gasteiger partial charge in [0.2, 0.25) is 5.95 Å². The first-order valence-electron chi connectivity index (χ1n) is 4.89. The number of nitrogen functional groups attached to an aromatic ring is 1. The zero-order valence-corrected chi connectivity index (χ0v) is 11.5. The molecule has 0 fully saturated rings. The molecular formula is C11H11BrN4S. The highest BCUT2D eigenvalue weighted by atomic mass is 79.9. The van der Waals surface area contributed by atoms with E-state index in [4.69, 9.17) is 5.73 Å². The molecule has 88 valence electrons. The van der Waals surface area contributed by atoms with E-state index >= 15 is 0 Å². The number of hydrogen-bond donors (Lipinski definition) is 2. The van der Waals surface area contributed by atoms with Crippen molar-refractivity contribution in [3.8, 4) is 0 Å². The van der Waals surface area contributed by atoms with Crippen LogP contribution in [-0.4, -0.2) is 16.2 Å². The fourth-order valence-corrected chi connectivity index (χ4v) is 2.32. The van der Waals surface area contributed by atoms with Crippen LogP contribution in [0.15, 0.2) is 39.8 Å². The van der Waals surface area contributed by atoms with E-state index < -0.39 is 0 Å². The minimum Gasteiger partial charge on any atom is -0.383 e. The van der Waals surface area contributed by atoms with Crippen LogP contribution in [0.3, 0.4) is 0 Å². The highest BCUT2D eigenvalue weighted by Gasteiger charge is 2.04. The van der Waals surface area contributed by atoms with Crippen molar-refractivity contribution in [1.29, 1.82) is 0 Å². The molecular weight excluding hydrogens is 300 g/mol. The standard InChI is InChI=1S/C11H11BrN4S/c1-17-8-5-3-2-4-7(8)14-11-15-9(12)6-10(13)16-11/h2-6H,1H3,(H3,13,14,15,16). The van der Waals surface area contributed by atoms with E-state index in [-0.39, 0.29) is 0 Å². The Hall–Kier alpha value is -1.27. The SMILES string of the molecule is CSc1ccccc1Nc1nc(N)cc(Br)n1. The largest absolute Gasteiger partial charge is 0.383 e. The van der Waals surface area contributed by atoms with E-state index in [0.29, 0.717) is 16.4 Å². The topological polar surface area (TPSA) is 63.8 Å². The summed E-state index contributed by atoms with van der Waals surface area (Å²) >= 11 is 4.95. The lowest BCUT2D eigenvalue weighted by molar-refractivity contribution is 1.14. The predicted molar refractivity (Wildman–Crippen MR) is 75.7 cm³/mol. The number of nitrogens with two attached hydrogens (primary N) is 1. The molecule has 2 rings (SSSR count). The molecule has 1 heterocycles. The Bertz CT molecular complexity index is 512. The number of nitrogens with zero attached hydrogens (tertiary/aromatic N) is 2. The van der Waals surface area contributed by atoms with Gasteiger partial charge in [0.1, 0.15) is 10.4 Å². The third-order valence-corrected chi connectivity index (χ3v) is 3.27. The number of thioether (sulfide) groups is 1. The van der Waals surface area contributed by atoms with E-state index in [9.17, 15) is 0 Å². The molecule has 4 nitrogen and oxygen atoms in total. The average Bonchev–Trinajstić information content (AvgIpc) is 2.28. The van der Waals surface area contributed by atoms with E-state index in [0.717, 1.165) is 10.6 Å². The number of benzene rings is 1. The van der Waals surface area contributed by atoms with Crippen LogP contribution in [-0.2, 0) is 0 Å². The van der Waals surface area contributed by atoms with Crippen molar-refractivity contribution in [3.05, 3.63) is 34.9 Å². The van der Waals surface area contributed by atoms with Crippen molar-refractivity contribution in [2.45, 2.75) is 4.90 Å². The van der Waals surface area contributed by atoms with E-state index in [1.54, 1.807) is 17.8 Å². The van der Waals surface area contributed by atoms with Crippen molar-refractivity contribution in [2.24, 2.45) is 0 Å². The van der Waals surface area contributed by atoms with Gasteiger partial charge in [0.25, 0.3) is 0 Å². The molecule has 0 atom stereocenters. The number of aromatic nitrogens is 2. The van der Waals surface area contributed by atoms with Crippen LogP contribution in [0.2, 0.25) is 0 Å². The van der Waals surface area contributed by atoms with Crippen LogP contribution in [0.25, 0.3) is 0 Å². The van der Waals surface area contributed by atoms with Crippen LogP contribution in [0.4, 0.5) is 17.5 Å². The second kappa shape index (κ2) is 5.37. The molecule has 0 spiro atoms. The van der Waals surface area contributed by atoms with Gasteiger partial charge >= 0.3 is 0 Å². The van der Waals surface area contributed by atoms with Gasteiger partial charge in [-0.3, -0.25) is 0 Å². The van der Waals surface area contributed by atoms with Gasteiger partial charge in [0.05, 0.1) is 5.69 Å². The number of halogens is 1. The maximum atomic E-state index is 5.66.